The average molecular weight is 248 g/mol. The van der Waals surface area contributed by atoms with Crippen molar-refractivity contribution < 1.29 is 9.90 Å². The first kappa shape index (κ1) is 12.9. The highest BCUT2D eigenvalue weighted by molar-refractivity contribution is 5.89. The van der Waals surface area contributed by atoms with Gasteiger partial charge in [0, 0.05) is 12.2 Å². The van der Waals surface area contributed by atoms with Crippen LogP contribution >= 0.6 is 0 Å². The molecule has 98 valence electrons. The first-order chi connectivity index (χ1) is 8.65. The third-order valence-electron chi connectivity index (χ3n) is 3.43. The van der Waals surface area contributed by atoms with E-state index in [4.69, 9.17) is 0 Å². The Balaban J connectivity index is 1.78. The van der Waals surface area contributed by atoms with Gasteiger partial charge in [-0.25, -0.2) is 4.79 Å². The third kappa shape index (κ3) is 3.47. The van der Waals surface area contributed by atoms with E-state index in [0.29, 0.717) is 5.92 Å². The topological polar surface area (TPSA) is 61.4 Å². The van der Waals surface area contributed by atoms with Crippen LogP contribution in [0.15, 0.2) is 24.3 Å². The number of anilines is 1. The third-order valence-corrected chi connectivity index (χ3v) is 3.43. The molecular weight excluding hydrogens is 228 g/mol. The molecule has 0 aliphatic heterocycles. The lowest BCUT2D eigenvalue weighted by atomic mass is 9.85. The number of hydrogen-bond donors (Lipinski definition) is 3. The minimum atomic E-state index is -0.480. The van der Waals surface area contributed by atoms with Crippen molar-refractivity contribution in [1.29, 1.82) is 0 Å². The summed E-state index contributed by atoms with van der Waals surface area (Å²) in [5.41, 5.74) is 1.58. The van der Waals surface area contributed by atoms with Crippen molar-refractivity contribution in [3.8, 4) is 0 Å². The number of aliphatic hydroxyl groups is 1. The zero-order valence-electron chi connectivity index (χ0n) is 10.6. The molecule has 2 rings (SSSR count). The van der Waals surface area contributed by atoms with Crippen LogP contribution in [-0.4, -0.2) is 17.7 Å². The maximum atomic E-state index is 11.6. The van der Waals surface area contributed by atoms with E-state index in [-0.39, 0.29) is 6.03 Å². The van der Waals surface area contributed by atoms with Gasteiger partial charge in [-0.15, -0.1) is 0 Å². The largest absolute Gasteiger partial charge is 0.389 e. The molecule has 1 aliphatic carbocycles. The monoisotopic (exact) mass is 248 g/mol. The first-order valence-electron chi connectivity index (χ1n) is 6.48. The van der Waals surface area contributed by atoms with Crippen LogP contribution in [0.5, 0.6) is 0 Å². The highest BCUT2D eigenvalue weighted by Gasteiger charge is 2.17. The van der Waals surface area contributed by atoms with Gasteiger partial charge in [-0.3, -0.25) is 0 Å². The Hall–Kier alpha value is -1.55. The highest BCUT2D eigenvalue weighted by Crippen LogP contribution is 2.25. The Kier molecular flexibility index (Phi) is 4.20. The van der Waals surface area contributed by atoms with Gasteiger partial charge < -0.3 is 15.7 Å². The van der Waals surface area contributed by atoms with Crippen molar-refractivity contribution in [2.24, 2.45) is 5.92 Å². The number of benzene rings is 1. The molecular formula is C14H20N2O2. The van der Waals surface area contributed by atoms with Crippen LogP contribution in [0.1, 0.15) is 37.9 Å². The fraction of sp³-hybridized carbons (Fsp3) is 0.500. The summed E-state index contributed by atoms with van der Waals surface area (Å²) in [6.07, 6.45) is 3.26. The molecule has 1 unspecified atom stereocenters. The summed E-state index contributed by atoms with van der Waals surface area (Å²) in [6, 6.07) is 7.06. The quantitative estimate of drug-likeness (QED) is 0.767. The van der Waals surface area contributed by atoms with Gasteiger partial charge in [-0.2, -0.15) is 0 Å². The molecule has 1 aromatic rings. The second-order valence-electron chi connectivity index (χ2n) is 4.93. The summed E-state index contributed by atoms with van der Waals surface area (Å²) in [6.45, 7) is 2.48. The molecule has 1 aromatic carbocycles. The lowest BCUT2D eigenvalue weighted by molar-refractivity contribution is 0.199. The van der Waals surface area contributed by atoms with Crippen LogP contribution in [0.2, 0.25) is 0 Å². The molecule has 1 fully saturated rings. The minimum Gasteiger partial charge on any atom is -0.389 e. The highest BCUT2D eigenvalue weighted by atomic mass is 16.3. The number of carbonyl (C=O) groups is 1. The molecule has 2 amide bonds. The van der Waals surface area contributed by atoms with Gasteiger partial charge in [0.2, 0.25) is 0 Å². The molecule has 0 aromatic heterocycles. The Morgan fingerprint density at radius 2 is 2.06 bits per heavy atom. The van der Waals surface area contributed by atoms with Gasteiger partial charge in [0.1, 0.15) is 0 Å². The lowest BCUT2D eigenvalue weighted by Gasteiger charge is -2.25. The van der Waals surface area contributed by atoms with Gasteiger partial charge in [0.15, 0.2) is 0 Å². The molecule has 0 saturated heterocycles. The molecule has 1 aliphatic rings. The van der Waals surface area contributed by atoms with Gasteiger partial charge in [0.25, 0.3) is 0 Å². The summed E-state index contributed by atoms with van der Waals surface area (Å²) in [5, 5.41) is 15.0. The minimum absolute atomic E-state index is 0.160. The van der Waals surface area contributed by atoms with Crippen molar-refractivity contribution >= 4 is 11.7 Å². The maximum absolute atomic E-state index is 11.6. The number of carbonyl (C=O) groups excluding carboxylic acids is 1. The number of hydrogen-bond acceptors (Lipinski definition) is 2. The molecule has 1 saturated carbocycles. The summed E-state index contributed by atoms with van der Waals surface area (Å²) in [7, 11) is 0. The van der Waals surface area contributed by atoms with E-state index in [0.717, 1.165) is 17.8 Å². The zero-order chi connectivity index (χ0) is 13.0. The molecule has 1 atom stereocenters. The molecule has 18 heavy (non-hydrogen) atoms. The summed E-state index contributed by atoms with van der Waals surface area (Å²) < 4.78 is 0. The van der Waals surface area contributed by atoms with Gasteiger partial charge in [0.05, 0.1) is 6.10 Å². The Morgan fingerprint density at radius 1 is 1.39 bits per heavy atom. The second kappa shape index (κ2) is 5.87. The molecule has 0 radical (unpaired) electrons. The van der Waals surface area contributed by atoms with Crippen molar-refractivity contribution in [2.75, 3.05) is 11.9 Å². The molecule has 4 heteroatoms. The fourth-order valence-corrected chi connectivity index (χ4v) is 1.95. The summed E-state index contributed by atoms with van der Waals surface area (Å²) >= 11 is 0. The number of amides is 2. The van der Waals surface area contributed by atoms with Crippen LogP contribution in [-0.2, 0) is 0 Å². The van der Waals surface area contributed by atoms with Crippen molar-refractivity contribution in [1.82, 2.24) is 5.32 Å². The second-order valence-corrected chi connectivity index (χ2v) is 4.93. The van der Waals surface area contributed by atoms with E-state index in [1.54, 1.807) is 19.1 Å². The first-order valence-corrected chi connectivity index (χ1v) is 6.48. The fourth-order valence-electron chi connectivity index (χ4n) is 1.95. The van der Waals surface area contributed by atoms with Crippen LogP contribution in [0, 0.1) is 5.92 Å². The number of nitrogens with one attached hydrogen (secondary N) is 2. The Labute approximate surface area is 107 Å². The maximum Gasteiger partial charge on any atom is 0.319 e. The van der Waals surface area contributed by atoms with E-state index in [2.05, 4.69) is 10.6 Å². The number of urea groups is 1. The van der Waals surface area contributed by atoms with Crippen LogP contribution in [0.25, 0.3) is 0 Å². The molecule has 3 N–H and O–H groups in total. The van der Waals surface area contributed by atoms with E-state index >= 15 is 0 Å². The summed E-state index contributed by atoms with van der Waals surface area (Å²) in [4.78, 5) is 11.6. The van der Waals surface area contributed by atoms with Gasteiger partial charge >= 0.3 is 6.03 Å². The van der Waals surface area contributed by atoms with E-state index in [1.165, 1.54) is 19.3 Å². The van der Waals surface area contributed by atoms with Crippen LogP contribution in [0.3, 0.4) is 0 Å². The SMILES string of the molecule is CC(O)c1ccc(NC(=O)NCC2CCC2)cc1. The van der Waals surface area contributed by atoms with E-state index < -0.39 is 6.10 Å². The average Bonchev–Trinajstić information content (AvgIpc) is 2.27. The number of rotatable bonds is 4. The summed E-state index contributed by atoms with van der Waals surface area (Å²) in [5.74, 6) is 0.661. The lowest BCUT2D eigenvalue weighted by Crippen LogP contribution is -2.35. The molecule has 4 nitrogen and oxygen atoms in total. The number of aliphatic hydroxyl groups excluding tert-OH is 1. The smallest absolute Gasteiger partial charge is 0.319 e. The molecule has 0 bridgehead atoms. The van der Waals surface area contributed by atoms with Crippen molar-refractivity contribution in [3.63, 3.8) is 0 Å². The van der Waals surface area contributed by atoms with E-state index in [1.807, 2.05) is 12.1 Å². The van der Waals surface area contributed by atoms with Crippen LogP contribution < -0.4 is 10.6 Å². The Bertz CT molecular complexity index is 397. The molecule has 0 spiro atoms. The molecule has 0 heterocycles. The normalized spacial score (nSPS) is 16.8. The standard InChI is InChI=1S/C14H20N2O2/c1-10(17)12-5-7-13(8-6-12)16-14(18)15-9-11-3-2-4-11/h5-8,10-11,17H,2-4,9H2,1H3,(H2,15,16,18). The predicted octanol–water partition coefficient (Wildman–Crippen LogP) is 2.66. The van der Waals surface area contributed by atoms with E-state index in [9.17, 15) is 9.90 Å². The van der Waals surface area contributed by atoms with Crippen molar-refractivity contribution in [3.05, 3.63) is 29.8 Å². The van der Waals surface area contributed by atoms with Gasteiger partial charge in [-0.05, 0) is 43.4 Å². The predicted molar refractivity (Wildman–Crippen MR) is 71.4 cm³/mol. The van der Waals surface area contributed by atoms with Crippen molar-refractivity contribution in [2.45, 2.75) is 32.3 Å². The Morgan fingerprint density at radius 3 is 2.56 bits per heavy atom. The zero-order valence-corrected chi connectivity index (χ0v) is 10.6. The van der Waals surface area contributed by atoms with Crippen LogP contribution in [0.4, 0.5) is 10.5 Å². The van der Waals surface area contributed by atoms with Gasteiger partial charge in [-0.1, -0.05) is 18.6 Å².